The Morgan fingerprint density at radius 2 is 2.13 bits per heavy atom. The van der Waals surface area contributed by atoms with E-state index >= 15 is 0 Å². The van der Waals surface area contributed by atoms with Crippen molar-refractivity contribution in [3.63, 3.8) is 0 Å². The second-order valence-corrected chi connectivity index (χ2v) is 6.44. The summed E-state index contributed by atoms with van der Waals surface area (Å²) in [6, 6.07) is 7.87. The monoisotopic (exact) mass is 318 g/mol. The molecule has 3 atom stereocenters. The fourth-order valence-corrected chi connectivity index (χ4v) is 3.16. The number of ether oxygens (including phenoxy) is 2. The number of amides is 1. The van der Waals surface area contributed by atoms with E-state index in [2.05, 4.69) is 17.6 Å². The Hall–Kier alpha value is -1.59. The normalized spacial score (nSPS) is 27.6. The third kappa shape index (κ3) is 4.45. The molecule has 3 unspecified atom stereocenters. The molecule has 5 nitrogen and oxygen atoms in total. The molecule has 126 valence electrons. The highest BCUT2D eigenvalue weighted by Gasteiger charge is 2.22. The Bertz CT molecular complexity index is 512. The summed E-state index contributed by atoms with van der Waals surface area (Å²) in [6.07, 6.45) is 4.52. The zero-order valence-electron chi connectivity index (χ0n) is 13.7. The van der Waals surface area contributed by atoms with Crippen molar-refractivity contribution in [2.45, 2.75) is 50.8 Å². The standard InChI is InChI=1S/C18H26N2O3/c1-13-17(5-2-10-19-13)20-18(21)14-6-8-15(9-7-14)23-12-16-4-3-11-22-16/h6-9,13,16-17,19H,2-5,10-12H2,1H3,(H,20,21). The Labute approximate surface area is 137 Å². The first-order valence-electron chi connectivity index (χ1n) is 8.61. The summed E-state index contributed by atoms with van der Waals surface area (Å²) in [4.78, 5) is 12.3. The predicted molar refractivity (Wildman–Crippen MR) is 88.9 cm³/mol. The number of hydrogen-bond donors (Lipinski definition) is 2. The van der Waals surface area contributed by atoms with E-state index in [1.807, 2.05) is 24.3 Å². The molecule has 0 saturated carbocycles. The van der Waals surface area contributed by atoms with Gasteiger partial charge in [0.1, 0.15) is 12.4 Å². The van der Waals surface area contributed by atoms with Crippen molar-refractivity contribution in [2.75, 3.05) is 19.8 Å². The van der Waals surface area contributed by atoms with E-state index in [-0.39, 0.29) is 18.1 Å². The highest BCUT2D eigenvalue weighted by molar-refractivity contribution is 5.94. The molecular weight excluding hydrogens is 292 g/mol. The molecule has 0 bridgehead atoms. The largest absolute Gasteiger partial charge is 0.491 e. The Kier molecular flexibility index (Phi) is 5.51. The number of carbonyl (C=O) groups excluding carboxylic acids is 1. The van der Waals surface area contributed by atoms with Crippen LogP contribution in [0.3, 0.4) is 0 Å². The molecule has 0 spiro atoms. The molecule has 2 fully saturated rings. The summed E-state index contributed by atoms with van der Waals surface area (Å²) < 4.78 is 11.3. The van der Waals surface area contributed by atoms with E-state index in [0.717, 1.165) is 44.6 Å². The van der Waals surface area contributed by atoms with Gasteiger partial charge in [-0.1, -0.05) is 0 Å². The topological polar surface area (TPSA) is 59.6 Å². The van der Waals surface area contributed by atoms with Gasteiger partial charge < -0.3 is 20.1 Å². The molecule has 2 aliphatic heterocycles. The molecule has 1 amide bonds. The maximum Gasteiger partial charge on any atom is 0.251 e. The van der Waals surface area contributed by atoms with Crippen LogP contribution in [0.2, 0.25) is 0 Å². The predicted octanol–water partition coefficient (Wildman–Crippen LogP) is 2.11. The van der Waals surface area contributed by atoms with E-state index in [1.165, 1.54) is 0 Å². The molecule has 2 heterocycles. The summed E-state index contributed by atoms with van der Waals surface area (Å²) in [5.41, 5.74) is 0.673. The summed E-state index contributed by atoms with van der Waals surface area (Å²) in [6.45, 7) is 4.56. The molecule has 1 aromatic carbocycles. The summed E-state index contributed by atoms with van der Waals surface area (Å²) in [5, 5.41) is 6.51. The van der Waals surface area contributed by atoms with Crippen LogP contribution >= 0.6 is 0 Å². The molecule has 3 rings (SSSR count). The summed E-state index contributed by atoms with van der Waals surface area (Å²) in [7, 11) is 0. The average molecular weight is 318 g/mol. The lowest BCUT2D eigenvalue weighted by Crippen LogP contribution is -2.51. The third-order valence-electron chi connectivity index (χ3n) is 4.65. The quantitative estimate of drug-likeness (QED) is 0.873. The second kappa shape index (κ2) is 7.79. The molecule has 23 heavy (non-hydrogen) atoms. The minimum Gasteiger partial charge on any atom is -0.491 e. The Morgan fingerprint density at radius 1 is 1.30 bits per heavy atom. The highest BCUT2D eigenvalue weighted by atomic mass is 16.5. The molecule has 0 aromatic heterocycles. The average Bonchev–Trinajstić information content (AvgIpc) is 3.09. The first kappa shape index (κ1) is 16.3. The number of rotatable bonds is 5. The van der Waals surface area contributed by atoms with Crippen LogP contribution in [0.4, 0.5) is 0 Å². The van der Waals surface area contributed by atoms with Crippen molar-refractivity contribution in [3.05, 3.63) is 29.8 Å². The van der Waals surface area contributed by atoms with Crippen LogP contribution in [0.1, 0.15) is 43.0 Å². The van der Waals surface area contributed by atoms with Gasteiger partial charge in [0.25, 0.3) is 5.91 Å². The van der Waals surface area contributed by atoms with E-state index in [9.17, 15) is 4.79 Å². The van der Waals surface area contributed by atoms with Crippen molar-refractivity contribution in [1.82, 2.24) is 10.6 Å². The number of carbonyl (C=O) groups is 1. The lowest BCUT2D eigenvalue weighted by Gasteiger charge is -2.30. The Balaban J connectivity index is 1.50. The molecule has 2 saturated heterocycles. The van der Waals surface area contributed by atoms with Crippen LogP contribution in [0.15, 0.2) is 24.3 Å². The first-order valence-corrected chi connectivity index (χ1v) is 8.61. The summed E-state index contributed by atoms with van der Waals surface area (Å²) in [5.74, 6) is 0.765. The first-order chi connectivity index (χ1) is 11.2. The fraction of sp³-hybridized carbons (Fsp3) is 0.611. The number of hydrogen-bond acceptors (Lipinski definition) is 4. The minimum absolute atomic E-state index is 0.0174. The molecule has 0 radical (unpaired) electrons. The van der Waals surface area contributed by atoms with E-state index < -0.39 is 0 Å². The van der Waals surface area contributed by atoms with Crippen molar-refractivity contribution >= 4 is 5.91 Å². The van der Waals surface area contributed by atoms with Crippen molar-refractivity contribution in [2.24, 2.45) is 0 Å². The van der Waals surface area contributed by atoms with Gasteiger partial charge >= 0.3 is 0 Å². The van der Waals surface area contributed by atoms with E-state index in [4.69, 9.17) is 9.47 Å². The summed E-state index contributed by atoms with van der Waals surface area (Å²) >= 11 is 0. The van der Waals surface area contributed by atoms with E-state index in [0.29, 0.717) is 18.2 Å². The molecule has 5 heteroatoms. The molecule has 0 aliphatic carbocycles. The number of piperidine rings is 1. The minimum atomic E-state index is -0.0174. The van der Waals surface area contributed by atoms with Crippen LogP contribution in [-0.4, -0.2) is 43.9 Å². The van der Waals surface area contributed by atoms with Crippen LogP contribution in [-0.2, 0) is 4.74 Å². The van der Waals surface area contributed by atoms with Gasteiger partial charge in [0.2, 0.25) is 0 Å². The van der Waals surface area contributed by atoms with Crippen molar-refractivity contribution in [1.29, 1.82) is 0 Å². The maximum atomic E-state index is 12.3. The number of nitrogens with one attached hydrogen (secondary N) is 2. The zero-order valence-corrected chi connectivity index (χ0v) is 13.7. The smallest absolute Gasteiger partial charge is 0.251 e. The van der Waals surface area contributed by atoms with Gasteiger partial charge in [0, 0.05) is 24.3 Å². The number of benzene rings is 1. The lowest BCUT2D eigenvalue weighted by atomic mass is 9.99. The van der Waals surface area contributed by atoms with Gasteiger partial charge in [0.15, 0.2) is 0 Å². The van der Waals surface area contributed by atoms with Crippen molar-refractivity contribution < 1.29 is 14.3 Å². The van der Waals surface area contributed by atoms with Gasteiger partial charge in [-0.05, 0) is 63.4 Å². The van der Waals surface area contributed by atoms with Crippen LogP contribution < -0.4 is 15.4 Å². The fourth-order valence-electron chi connectivity index (χ4n) is 3.16. The van der Waals surface area contributed by atoms with Gasteiger partial charge in [-0.15, -0.1) is 0 Å². The maximum absolute atomic E-state index is 12.3. The highest BCUT2D eigenvalue weighted by Crippen LogP contribution is 2.17. The van der Waals surface area contributed by atoms with Gasteiger partial charge in [-0.2, -0.15) is 0 Å². The van der Waals surface area contributed by atoms with Crippen LogP contribution in [0.25, 0.3) is 0 Å². The van der Waals surface area contributed by atoms with Gasteiger partial charge in [-0.25, -0.2) is 0 Å². The van der Waals surface area contributed by atoms with Crippen LogP contribution in [0.5, 0.6) is 5.75 Å². The Morgan fingerprint density at radius 3 is 2.83 bits per heavy atom. The third-order valence-corrected chi connectivity index (χ3v) is 4.65. The molecule has 1 aromatic rings. The second-order valence-electron chi connectivity index (χ2n) is 6.44. The van der Waals surface area contributed by atoms with Crippen molar-refractivity contribution in [3.8, 4) is 5.75 Å². The van der Waals surface area contributed by atoms with Crippen LogP contribution in [0, 0.1) is 0 Å². The molecule has 2 N–H and O–H groups in total. The molecular formula is C18H26N2O3. The molecule has 2 aliphatic rings. The van der Waals surface area contributed by atoms with Gasteiger partial charge in [0.05, 0.1) is 6.10 Å². The van der Waals surface area contributed by atoms with Gasteiger partial charge in [-0.3, -0.25) is 4.79 Å². The van der Waals surface area contributed by atoms with E-state index in [1.54, 1.807) is 0 Å². The SMILES string of the molecule is CC1NCCCC1NC(=O)c1ccc(OCC2CCCO2)cc1. The lowest BCUT2D eigenvalue weighted by molar-refractivity contribution is 0.0679. The zero-order chi connectivity index (χ0) is 16.1.